The molecule has 4 nitrogen and oxygen atoms in total. The fraction of sp³-hybridized carbons (Fsp3) is 0.208. The number of thioether (sulfide) groups is 1. The second-order valence-electron chi connectivity index (χ2n) is 6.92. The second kappa shape index (κ2) is 9.05. The van der Waals surface area contributed by atoms with Crippen molar-refractivity contribution in [1.82, 2.24) is 5.32 Å². The van der Waals surface area contributed by atoms with Gasteiger partial charge in [0.1, 0.15) is 13.2 Å². The largest absolute Gasteiger partial charge is 0.486 e. The first-order valence-corrected chi connectivity index (χ1v) is 10.6. The van der Waals surface area contributed by atoms with Gasteiger partial charge in [0, 0.05) is 4.90 Å². The van der Waals surface area contributed by atoms with Crippen LogP contribution in [0.15, 0.2) is 77.7 Å². The minimum atomic E-state index is -0.176. The van der Waals surface area contributed by atoms with Crippen LogP contribution in [0.4, 0.5) is 0 Å². The van der Waals surface area contributed by atoms with Crippen LogP contribution in [0.1, 0.15) is 22.7 Å². The summed E-state index contributed by atoms with van der Waals surface area (Å²) in [6.45, 7) is 3.18. The van der Waals surface area contributed by atoms with E-state index in [0.717, 1.165) is 27.5 Å². The van der Waals surface area contributed by atoms with Gasteiger partial charge in [-0.05, 0) is 36.2 Å². The number of ether oxygens (including phenoxy) is 2. The quantitative estimate of drug-likeness (QED) is 0.601. The van der Waals surface area contributed by atoms with E-state index in [9.17, 15) is 4.79 Å². The van der Waals surface area contributed by atoms with Crippen LogP contribution in [0.25, 0.3) is 0 Å². The van der Waals surface area contributed by atoms with Crippen molar-refractivity contribution < 1.29 is 14.3 Å². The maximum Gasteiger partial charge on any atom is 0.231 e. The minimum absolute atomic E-state index is 0.0145. The number of fused-ring (bicyclic) bond motifs is 1. The lowest BCUT2D eigenvalue weighted by molar-refractivity contribution is -0.119. The third-order valence-corrected chi connectivity index (χ3v) is 5.73. The van der Waals surface area contributed by atoms with Gasteiger partial charge < -0.3 is 14.8 Å². The molecule has 1 atom stereocenters. The van der Waals surface area contributed by atoms with Gasteiger partial charge in [-0.25, -0.2) is 0 Å². The molecule has 4 rings (SSSR count). The number of hydrogen-bond donors (Lipinski definition) is 1. The Labute approximate surface area is 175 Å². The van der Waals surface area contributed by atoms with Crippen molar-refractivity contribution in [2.75, 3.05) is 19.0 Å². The van der Waals surface area contributed by atoms with E-state index < -0.39 is 0 Å². The van der Waals surface area contributed by atoms with Gasteiger partial charge >= 0.3 is 0 Å². The van der Waals surface area contributed by atoms with Gasteiger partial charge in [-0.15, -0.1) is 11.8 Å². The Morgan fingerprint density at radius 1 is 0.931 bits per heavy atom. The number of amides is 1. The van der Waals surface area contributed by atoms with Gasteiger partial charge in [-0.2, -0.15) is 0 Å². The molecule has 0 spiro atoms. The number of carbonyl (C=O) groups excluding carboxylic acids is 1. The monoisotopic (exact) mass is 405 g/mol. The lowest BCUT2D eigenvalue weighted by Gasteiger charge is -2.20. The van der Waals surface area contributed by atoms with E-state index >= 15 is 0 Å². The fourth-order valence-corrected chi connectivity index (χ4v) is 3.96. The van der Waals surface area contributed by atoms with Crippen molar-refractivity contribution >= 4 is 17.7 Å². The van der Waals surface area contributed by atoms with Gasteiger partial charge in [0.2, 0.25) is 5.91 Å². The number of hydrogen-bond acceptors (Lipinski definition) is 4. The van der Waals surface area contributed by atoms with Crippen molar-refractivity contribution in [3.05, 3.63) is 89.5 Å². The molecule has 1 unspecified atom stereocenters. The summed E-state index contributed by atoms with van der Waals surface area (Å²) < 4.78 is 11.2. The summed E-state index contributed by atoms with van der Waals surface area (Å²) in [4.78, 5) is 13.7. The Bertz CT molecular complexity index is 973. The standard InChI is InChI=1S/C24H23NO3S/c1-17-7-9-19(10-8-17)24(18-5-3-2-4-6-18)25-23(26)16-29-20-11-12-21-22(15-20)28-14-13-27-21/h2-12,15,24H,13-14,16H2,1H3,(H,25,26). The Morgan fingerprint density at radius 3 is 2.38 bits per heavy atom. The average molecular weight is 406 g/mol. The molecule has 3 aromatic rings. The Hall–Kier alpha value is -2.92. The van der Waals surface area contributed by atoms with Crippen LogP contribution in [-0.2, 0) is 4.79 Å². The highest BCUT2D eigenvalue weighted by Crippen LogP contribution is 2.34. The number of nitrogens with one attached hydrogen (secondary N) is 1. The molecule has 1 heterocycles. The third-order valence-electron chi connectivity index (χ3n) is 4.73. The molecule has 0 fully saturated rings. The summed E-state index contributed by atoms with van der Waals surface area (Å²) in [5.74, 6) is 1.81. The molecule has 1 aliphatic rings. The second-order valence-corrected chi connectivity index (χ2v) is 7.96. The SMILES string of the molecule is Cc1ccc(C(NC(=O)CSc2ccc3c(c2)OCCO3)c2ccccc2)cc1. The normalized spacial score (nSPS) is 13.6. The van der Waals surface area contributed by atoms with E-state index in [0.29, 0.717) is 19.0 Å². The molecule has 1 amide bonds. The number of benzene rings is 3. The first-order chi connectivity index (χ1) is 14.2. The summed E-state index contributed by atoms with van der Waals surface area (Å²) >= 11 is 1.49. The lowest BCUT2D eigenvalue weighted by atomic mass is 9.98. The van der Waals surface area contributed by atoms with Crippen LogP contribution in [-0.4, -0.2) is 24.9 Å². The molecule has 148 valence electrons. The Morgan fingerprint density at radius 2 is 1.62 bits per heavy atom. The molecule has 1 N–H and O–H groups in total. The molecule has 0 aliphatic carbocycles. The zero-order chi connectivity index (χ0) is 20.1. The van der Waals surface area contributed by atoms with Gasteiger partial charge in [0.15, 0.2) is 11.5 Å². The molecule has 0 aromatic heterocycles. The molecule has 1 aliphatic heterocycles. The molecule has 0 saturated heterocycles. The fourth-order valence-electron chi connectivity index (χ4n) is 3.23. The molecule has 3 aromatic carbocycles. The molecular weight excluding hydrogens is 382 g/mol. The summed E-state index contributed by atoms with van der Waals surface area (Å²) in [5.41, 5.74) is 3.33. The van der Waals surface area contributed by atoms with Crippen molar-refractivity contribution in [1.29, 1.82) is 0 Å². The average Bonchev–Trinajstić information content (AvgIpc) is 2.77. The van der Waals surface area contributed by atoms with Crippen LogP contribution >= 0.6 is 11.8 Å². The van der Waals surface area contributed by atoms with Crippen LogP contribution in [0.5, 0.6) is 11.5 Å². The highest BCUT2D eigenvalue weighted by molar-refractivity contribution is 8.00. The van der Waals surface area contributed by atoms with Gasteiger partial charge in [0.05, 0.1) is 11.8 Å². The lowest BCUT2D eigenvalue weighted by Crippen LogP contribution is -2.30. The van der Waals surface area contributed by atoms with Crippen LogP contribution < -0.4 is 14.8 Å². The maximum atomic E-state index is 12.7. The van der Waals surface area contributed by atoms with Gasteiger partial charge in [-0.3, -0.25) is 4.79 Å². The summed E-state index contributed by atoms with van der Waals surface area (Å²) in [7, 11) is 0. The number of aryl methyl sites for hydroxylation is 1. The molecule has 0 saturated carbocycles. The first-order valence-electron chi connectivity index (χ1n) is 9.62. The zero-order valence-corrected chi connectivity index (χ0v) is 17.1. The number of rotatable bonds is 6. The summed E-state index contributed by atoms with van der Waals surface area (Å²) in [5, 5.41) is 3.19. The number of carbonyl (C=O) groups is 1. The third kappa shape index (κ3) is 4.93. The van der Waals surface area contributed by atoms with Crippen molar-refractivity contribution in [3.8, 4) is 11.5 Å². The van der Waals surface area contributed by atoms with E-state index in [-0.39, 0.29) is 11.9 Å². The molecule has 29 heavy (non-hydrogen) atoms. The van der Waals surface area contributed by atoms with E-state index in [4.69, 9.17) is 9.47 Å². The topological polar surface area (TPSA) is 47.6 Å². The van der Waals surface area contributed by atoms with E-state index in [1.165, 1.54) is 17.3 Å². The minimum Gasteiger partial charge on any atom is -0.486 e. The Balaban J connectivity index is 1.45. The maximum absolute atomic E-state index is 12.7. The van der Waals surface area contributed by atoms with E-state index in [2.05, 4.69) is 36.5 Å². The summed E-state index contributed by atoms with van der Waals surface area (Å²) in [6.07, 6.45) is 0. The van der Waals surface area contributed by atoms with E-state index in [1.54, 1.807) is 0 Å². The van der Waals surface area contributed by atoms with Crippen molar-refractivity contribution in [3.63, 3.8) is 0 Å². The van der Waals surface area contributed by atoms with Crippen molar-refractivity contribution in [2.24, 2.45) is 0 Å². The highest BCUT2D eigenvalue weighted by Gasteiger charge is 2.17. The van der Waals surface area contributed by atoms with Crippen LogP contribution in [0.3, 0.4) is 0 Å². The Kier molecular flexibility index (Phi) is 6.06. The molecule has 0 bridgehead atoms. The van der Waals surface area contributed by atoms with Crippen molar-refractivity contribution in [2.45, 2.75) is 17.9 Å². The smallest absolute Gasteiger partial charge is 0.231 e. The summed E-state index contributed by atoms with van der Waals surface area (Å²) in [6, 6.07) is 23.9. The van der Waals surface area contributed by atoms with Crippen LogP contribution in [0, 0.1) is 6.92 Å². The van der Waals surface area contributed by atoms with E-state index in [1.807, 2.05) is 48.5 Å². The molecular formula is C24H23NO3S. The highest BCUT2D eigenvalue weighted by atomic mass is 32.2. The molecule has 5 heteroatoms. The zero-order valence-electron chi connectivity index (χ0n) is 16.3. The van der Waals surface area contributed by atoms with Gasteiger partial charge in [0.25, 0.3) is 0 Å². The predicted molar refractivity (Wildman–Crippen MR) is 116 cm³/mol. The molecule has 0 radical (unpaired) electrons. The first kappa shape index (κ1) is 19.4. The predicted octanol–water partition coefficient (Wildman–Crippen LogP) is 4.76. The van der Waals surface area contributed by atoms with Crippen LogP contribution in [0.2, 0.25) is 0 Å². The van der Waals surface area contributed by atoms with Gasteiger partial charge in [-0.1, -0.05) is 60.2 Å².